The number of fused-ring (bicyclic) bond motifs is 1. The van der Waals surface area contributed by atoms with Gasteiger partial charge in [-0.2, -0.15) is 0 Å². The molecule has 4 aromatic rings. The molecule has 0 fully saturated rings. The van der Waals surface area contributed by atoms with Crippen LogP contribution in [-0.2, 0) is 4.79 Å². The van der Waals surface area contributed by atoms with Gasteiger partial charge < -0.3 is 10.3 Å². The van der Waals surface area contributed by atoms with Gasteiger partial charge >= 0.3 is 0 Å². The minimum atomic E-state index is -0.0795. The van der Waals surface area contributed by atoms with Gasteiger partial charge in [-0.3, -0.25) is 4.79 Å². The fourth-order valence-electron chi connectivity index (χ4n) is 3.28. The summed E-state index contributed by atoms with van der Waals surface area (Å²) in [5, 5.41) is 6.25. The molecule has 1 unspecified atom stereocenters. The summed E-state index contributed by atoms with van der Waals surface area (Å²) in [6.07, 6.45) is 5.50. The van der Waals surface area contributed by atoms with E-state index in [9.17, 15) is 4.79 Å². The monoisotopic (exact) mass is 372 g/mol. The first-order valence-electron chi connectivity index (χ1n) is 8.91. The van der Waals surface area contributed by atoms with Crippen molar-refractivity contribution in [2.75, 3.05) is 6.54 Å². The number of aromatic amines is 1. The number of thiophene rings is 1. The third-order valence-corrected chi connectivity index (χ3v) is 5.46. The van der Waals surface area contributed by atoms with Crippen LogP contribution in [0.5, 0.6) is 0 Å². The van der Waals surface area contributed by atoms with E-state index in [4.69, 9.17) is 0 Å². The van der Waals surface area contributed by atoms with Crippen molar-refractivity contribution in [2.45, 2.75) is 5.92 Å². The van der Waals surface area contributed by atoms with Crippen molar-refractivity contribution < 1.29 is 4.79 Å². The number of carbonyl (C=O) groups is 1. The van der Waals surface area contributed by atoms with E-state index in [1.807, 2.05) is 53.9 Å². The molecule has 3 nitrogen and oxygen atoms in total. The van der Waals surface area contributed by atoms with Gasteiger partial charge in [-0.25, -0.2) is 0 Å². The van der Waals surface area contributed by atoms with Crippen LogP contribution in [0.15, 0.2) is 84.4 Å². The van der Waals surface area contributed by atoms with Crippen molar-refractivity contribution in [1.29, 1.82) is 0 Å². The lowest BCUT2D eigenvalue weighted by molar-refractivity contribution is -0.116. The van der Waals surface area contributed by atoms with Crippen molar-refractivity contribution in [3.05, 3.63) is 100 Å². The van der Waals surface area contributed by atoms with Gasteiger partial charge in [-0.05, 0) is 34.7 Å². The number of aromatic nitrogens is 1. The second-order valence-electron chi connectivity index (χ2n) is 6.35. The quantitative estimate of drug-likeness (QED) is 0.450. The summed E-state index contributed by atoms with van der Waals surface area (Å²) < 4.78 is 0. The van der Waals surface area contributed by atoms with E-state index in [0.717, 1.165) is 10.4 Å². The van der Waals surface area contributed by atoms with Crippen LogP contribution in [-0.4, -0.2) is 17.4 Å². The van der Waals surface area contributed by atoms with E-state index in [0.29, 0.717) is 6.54 Å². The molecule has 0 bridgehead atoms. The molecule has 4 heteroatoms. The predicted molar refractivity (Wildman–Crippen MR) is 113 cm³/mol. The molecule has 2 aromatic carbocycles. The first-order chi connectivity index (χ1) is 13.3. The fourth-order valence-corrected chi connectivity index (χ4v) is 3.90. The van der Waals surface area contributed by atoms with Gasteiger partial charge in [0.05, 0.1) is 0 Å². The Morgan fingerprint density at radius 2 is 1.85 bits per heavy atom. The highest BCUT2D eigenvalue weighted by atomic mass is 32.1. The number of H-pyrrole nitrogens is 1. The van der Waals surface area contributed by atoms with E-state index in [-0.39, 0.29) is 11.8 Å². The highest BCUT2D eigenvalue weighted by molar-refractivity contribution is 7.10. The molecule has 0 spiro atoms. The molecule has 2 heterocycles. The maximum atomic E-state index is 12.3. The Morgan fingerprint density at radius 3 is 2.67 bits per heavy atom. The molecule has 2 aromatic heterocycles. The summed E-state index contributed by atoms with van der Waals surface area (Å²) in [7, 11) is 0. The Labute approximate surface area is 162 Å². The summed E-state index contributed by atoms with van der Waals surface area (Å²) in [5.74, 6) is 0.00519. The zero-order valence-electron chi connectivity index (χ0n) is 14.8. The number of nitrogens with one attached hydrogen (secondary N) is 2. The Bertz CT molecular complexity index is 1050. The van der Waals surface area contributed by atoms with Crippen LogP contribution in [0, 0.1) is 0 Å². The van der Waals surface area contributed by atoms with Crippen molar-refractivity contribution in [1.82, 2.24) is 10.3 Å². The minimum absolute atomic E-state index is 0.0795. The molecule has 1 atom stereocenters. The summed E-state index contributed by atoms with van der Waals surface area (Å²) in [6.45, 7) is 0.541. The van der Waals surface area contributed by atoms with E-state index in [2.05, 4.69) is 40.8 Å². The van der Waals surface area contributed by atoms with E-state index >= 15 is 0 Å². The first kappa shape index (κ1) is 17.3. The Kier molecular flexibility index (Phi) is 5.17. The van der Waals surface area contributed by atoms with E-state index in [1.54, 1.807) is 17.4 Å². The van der Waals surface area contributed by atoms with Crippen LogP contribution in [0.25, 0.3) is 17.0 Å². The maximum Gasteiger partial charge on any atom is 0.244 e. The number of benzene rings is 2. The lowest BCUT2D eigenvalue weighted by atomic mass is 9.91. The van der Waals surface area contributed by atoms with Crippen molar-refractivity contribution in [2.24, 2.45) is 0 Å². The maximum absolute atomic E-state index is 12.3. The van der Waals surface area contributed by atoms with Gasteiger partial charge in [0, 0.05) is 40.5 Å². The van der Waals surface area contributed by atoms with Gasteiger partial charge in [0.15, 0.2) is 0 Å². The predicted octanol–water partition coefficient (Wildman–Crippen LogP) is 5.19. The summed E-state index contributed by atoms with van der Waals surface area (Å²) in [4.78, 5) is 16.7. The first-order valence-corrected chi connectivity index (χ1v) is 9.79. The van der Waals surface area contributed by atoms with Crippen molar-refractivity contribution in [3.63, 3.8) is 0 Å². The van der Waals surface area contributed by atoms with Crippen LogP contribution < -0.4 is 5.32 Å². The van der Waals surface area contributed by atoms with Gasteiger partial charge in [-0.15, -0.1) is 11.3 Å². The van der Waals surface area contributed by atoms with E-state index < -0.39 is 0 Å². The van der Waals surface area contributed by atoms with Gasteiger partial charge in [0.25, 0.3) is 0 Å². The molecular formula is C23H20N2OS. The second kappa shape index (κ2) is 8.06. The summed E-state index contributed by atoms with van der Waals surface area (Å²) in [5.41, 5.74) is 3.49. The molecule has 1 amide bonds. The molecule has 27 heavy (non-hydrogen) atoms. The van der Waals surface area contributed by atoms with Gasteiger partial charge in [-0.1, -0.05) is 54.6 Å². The molecule has 2 N–H and O–H groups in total. The molecule has 0 aliphatic carbocycles. The van der Waals surface area contributed by atoms with Gasteiger partial charge in [0.2, 0.25) is 5.91 Å². The van der Waals surface area contributed by atoms with Gasteiger partial charge in [0.1, 0.15) is 0 Å². The molecule has 0 saturated carbocycles. The van der Waals surface area contributed by atoms with Crippen LogP contribution in [0.3, 0.4) is 0 Å². The fraction of sp³-hybridized carbons (Fsp3) is 0.0870. The topological polar surface area (TPSA) is 44.9 Å². The largest absolute Gasteiger partial charge is 0.361 e. The molecular weight excluding hydrogens is 352 g/mol. The smallest absolute Gasteiger partial charge is 0.244 e. The average molecular weight is 372 g/mol. The summed E-state index contributed by atoms with van der Waals surface area (Å²) in [6, 6.07) is 22.5. The normalized spacial score (nSPS) is 12.4. The third-order valence-electron chi connectivity index (χ3n) is 4.62. The lowest BCUT2D eigenvalue weighted by Gasteiger charge is -2.17. The molecule has 4 rings (SSSR count). The standard InChI is InChI=1S/C23H20N2OS/c26-23(13-12-18-9-6-14-27-18)25-15-20(17-7-2-1-3-8-17)21-16-24-22-11-5-4-10-19(21)22/h1-14,16,20,24H,15H2,(H,25,26)/b13-12+. The third kappa shape index (κ3) is 4.01. The molecule has 0 aliphatic rings. The van der Waals surface area contributed by atoms with Crippen LogP contribution in [0.4, 0.5) is 0 Å². The highest BCUT2D eigenvalue weighted by Gasteiger charge is 2.18. The number of para-hydroxylation sites is 1. The van der Waals surface area contributed by atoms with Crippen LogP contribution in [0.1, 0.15) is 21.9 Å². The number of hydrogen-bond acceptors (Lipinski definition) is 2. The Morgan fingerprint density at radius 1 is 1.04 bits per heavy atom. The number of rotatable bonds is 6. The van der Waals surface area contributed by atoms with E-state index in [1.165, 1.54) is 16.5 Å². The number of hydrogen-bond donors (Lipinski definition) is 2. The highest BCUT2D eigenvalue weighted by Crippen LogP contribution is 2.30. The van der Waals surface area contributed by atoms with Crippen molar-refractivity contribution >= 4 is 34.2 Å². The number of carbonyl (C=O) groups excluding carboxylic acids is 1. The molecule has 134 valence electrons. The zero-order valence-corrected chi connectivity index (χ0v) is 15.6. The second-order valence-corrected chi connectivity index (χ2v) is 7.33. The molecule has 0 saturated heterocycles. The van der Waals surface area contributed by atoms with Crippen molar-refractivity contribution in [3.8, 4) is 0 Å². The molecule has 0 aliphatic heterocycles. The zero-order chi connectivity index (χ0) is 18.5. The minimum Gasteiger partial charge on any atom is -0.361 e. The Balaban J connectivity index is 1.57. The average Bonchev–Trinajstić information content (AvgIpc) is 3.38. The summed E-state index contributed by atoms with van der Waals surface area (Å²) >= 11 is 1.61. The van der Waals surface area contributed by atoms with Crippen LogP contribution in [0.2, 0.25) is 0 Å². The van der Waals surface area contributed by atoms with Crippen LogP contribution >= 0.6 is 11.3 Å². The molecule has 0 radical (unpaired) electrons. The number of amides is 1. The lowest BCUT2D eigenvalue weighted by Crippen LogP contribution is -2.27. The Hall–Kier alpha value is -3.11. The SMILES string of the molecule is O=C(/C=C/c1cccs1)NCC(c1ccccc1)c1c[nH]c2ccccc12.